The molecule has 4 heteroatoms. The van der Waals surface area contributed by atoms with E-state index in [1.165, 1.54) is 11.1 Å². The van der Waals surface area contributed by atoms with E-state index >= 15 is 0 Å². The van der Waals surface area contributed by atoms with Crippen LogP contribution in [0.5, 0.6) is 11.5 Å². The van der Waals surface area contributed by atoms with Gasteiger partial charge in [0.1, 0.15) is 0 Å². The summed E-state index contributed by atoms with van der Waals surface area (Å²) in [5.41, 5.74) is 2.76. The molecule has 0 aliphatic carbocycles. The van der Waals surface area contributed by atoms with Gasteiger partial charge in [0.15, 0.2) is 11.5 Å². The first-order chi connectivity index (χ1) is 12.3. The van der Waals surface area contributed by atoms with Gasteiger partial charge < -0.3 is 14.2 Å². The second-order valence-corrected chi connectivity index (χ2v) is 9.10. The Balaban J connectivity index is 1.77. The summed E-state index contributed by atoms with van der Waals surface area (Å²) in [5, 5.41) is 0. The summed E-state index contributed by atoms with van der Waals surface area (Å²) in [7, 11) is 1.73. The molecular weight excluding hydrogens is 326 g/mol. The molecule has 0 saturated carbocycles. The Morgan fingerprint density at radius 1 is 1.15 bits per heavy atom. The molecule has 0 bridgehead atoms. The molecule has 2 atom stereocenters. The molecule has 0 spiro atoms. The highest BCUT2D eigenvalue weighted by atomic mass is 16.5. The SMILES string of the molecule is COc1cc2c(cc1OCC(C)C)CCN1CC(OC(C)(C)C)CCC21. The summed E-state index contributed by atoms with van der Waals surface area (Å²) in [4.78, 5) is 2.59. The first kappa shape index (κ1) is 19.5. The standard InChI is InChI=1S/C22H35NO3/c1-15(2)14-25-21-11-16-9-10-23-13-17(26-22(3,4)5)7-8-19(23)18(16)12-20(21)24-6/h11-12,15,17,19H,7-10,13-14H2,1-6H3. The van der Waals surface area contributed by atoms with E-state index in [4.69, 9.17) is 14.2 Å². The predicted molar refractivity (Wildman–Crippen MR) is 105 cm³/mol. The minimum absolute atomic E-state index is 0.0723. The van der Waals surface area contributed by atoms with Gasteiger partial charge in [-0.05, 0) is 69.2 Å². The van der Waals surface area contributed by atoms with Gasteiger partial charge in [-0.3, -0.25) is 4.90 Å². The Hall–Kier alpha value is -1.26. The van der Waals surface area contributed by atoms with Crippen molar-refractivity contribution in [3.05, 3.63) is 23.3 Å². The molecule has 26 heavy (non-hydrogen) atoms. The number of hydrogen-bond acceptors (Lipinski definition) is 4. The summed E-state index contributed by atoms with van der Waals surface area (Å²) in [6.45, 7) is 13.6. The lowest BCUT2D eigenvalue weighted by Gasteiger charge is -2.44. The van der Waals surface area contributed by atoms with Crippen LogP contribution in [0.4, 0.5) is 0 Å². The second kappa shape index (κ2) is 7.77. The van der Waals surface area contributed by atoms with Crippen molar-refractivity contribution in [1.29, 1.82) is 0 Å². The quantitative estimate of drug-likeness (QED) is 0.766. The fraction of sp³-hybridized carbons (Fsp3) is 0.727. The van der Waals surface area contributed by atoms with Gasteiger partial charge in [0, 0.05) is 19.1 Å². The highest BCUT2D eigenvalue weighted by Gasteiger charge is 2.35. The van der Waals surface area contributed by atoms with Crippen LogP contribution >= 0.6 is 0 Å². The monoisotopic (exact) mass is 361 g/mol. The van der Waals surface area contributed by atoms with Crippen LogP contribution in [-0.4, -0.2) is 43.4 Å². The maximum Gasteiger partial charge on any atom is 0.161 e. The van der Waals surface area contributed by atoms with Gasteiger partial charge in [0.2, 0.25) is 0 Å². The number of rotatable bonds is 5. The van der Waals surface area contributed by atoms with E-state index in [1.807, 2.05) is 0 Å². The lowest BCUT2D eigenvalue weighted by atomic mass is 9.85. The zero-order chi connectivity index (χ0) is 18.9. The highest BCUT2D eigenvalue weighted by molar-refractivity contribution is 5.49. The predicted octanol–water partition coefficient (Wildman–Crippen LogP) is 4.61. The van der Waals surface area contributed by atoms with Gasteiger partial charge >= 0.3 is 0 Å². The van der Waals surface area contributed by atoms with Crippen LogP contribution < -0.4 is 9.47 Å². The van der Waals surface area contributed by atoms with E-state index in [2.05, 4.69) is 51.7 Å². The summed E-state index contributed by atoms with van der Waals surface area (Å²) >= 11 is 0. The number of methoxy groups -OCH3 is 1. The van der Waals surface area contributed by atoms with Crippen molar-refractivity contribution in [3.63, 3.8) is 0 Å². The first-order valence-electron chi connectivity index (χ1n) is 10.0. The van der Waals surface area contributed by atoms with E-state index < -0.39 is 0 Å². The Morgan fingerprint density at radius 3 is 2.58 bits per heavy atom. The van der Waals surface area contributed by atoms with E-state index in [-0.39, 0.29) is 5.60 Å². The Morgan fingerprint density at radius 2 is 1.92 bits per heavy atom. The zero-order valence-electron chi connectivity index (χ0n) is 17.3. The van der Waals surface area contributed by atoms with Crippen LogP contribution in [0.1, 0.15) is 64.6 Å². The van der Waals surface area contributed by atoms with E-state index in [9.17, 15) is 0 Å². The molecule has 0 radical (unpaired) electrons. The number of ether oxygens (including phenoxy) is 3. The van der Waals surface area contributed by atoms with Gasteiger partial charge in [0.05, 0.1) is 25.4 Å². The third-order valence-corrected chi connectivity index (χ3v) is 5.19. The highest BCUT2D eigenvalue weighted by Crippen LogP contribution is 2.42. The third kappa shape index (κ3) is 4.52. The molecule has 3 rings (SSSR count). The maximum atomic E-state index is 6.25. The molecule has 2 aliphatic rings. The number of nitrogens with zero attached hydrogens (tertiary/aromatic N) is 1. The number of hydrogen-bond donors (Lipinski definition) is 0. The molecule has 1 aromatic rings. The van der Waals surface area contributed by atoms with Gasteiger partial charge in [-0.15, -0.1) is 0 Å². The summed E-state index contributed by atoms with van der Waals surface area (Å²) in [6, 6.07) is 4.91. The maximum absolute atomic E-state index is 6.25. The van der Waals surface area contributed by atoms with Crippen molar-refractivity contribution < 1.29 is 14.2 Å². The average molecular weight is 362 g/mol. The van der Waals surface area contributed by atoms with Crippen molar-refractivity contribution in [2.45, 2.75) is 71.6 Å². The normalized spacial score (nSPS) is 23.5. The lowest BCUT2D eigenvalue weighted by Crippen LogP contribution is -2.47. The topological polar surface area (TPSA) is 30.9 Å². The summed E-state index contributed by atoms with van der Waals surface area (Å²) in [6.07, 6.45) is 3.66. The van der Waals surface area contributed by atoms with Crippen molar-refractivity contribution in [3.8, 4) is 11.5 Å². The molecule has 0 aromatic heterocycles. The molecule has 2 aliphatic heterocycles. The van der Waals surface area contributed by atoms with Crippen molar-refractivity contribution in [2.24, 2.45) is 5.92 Å². The smallest absolute Gasteiger partial charge is 0.161 e. The van der Waals surface area contributed by atoms with Crippen molar-refractivity contribution >= 4 is 0 Å². The molecule has 0 amide bonds. The van der Waals surface area contributed by atoms with E-state index in [0.717, 1.165) is 50.5 Å². The van der Waals surface area contributed by atoms with Crippen molar-refractivity contribution in [2.75, 3.05) is 26.8 Å². The fourth-order valence-electron chi connectivity index (χ4n) is 4.14. The van der Waals surface area contributed by atoms with Gasteiger partial charge in [0.25, 0.3) is 0 Å². The Bertz CT molecular complexity index is 621. The van der Waals surface area contributed by atoms with E-state index in [1.54, 1.807) is 7.11 Å². The first-order valence-corrected chi connectivity index (χ1v) is 10.0. The second-order valence-electron chi connectivity index (χ2n) is 9.10. The third-order valence-electron chi connectivity index (χ3n) is 5.19. The Labute approximate surface area is 158 Å². The zero-order valence-corrected chi connectivity index (χ0v) is 17.3. The molecule has 1 saturated heterocycles. The molecule has 2 unspecified atom stereocenters. The van der Waals surface area contributed by atoms with Crippen LogP contribution in [0.3, 0.4) is 0 Å². The van der Waals surface area contributed by atoms with Crippen LogP contribution in [0.15, 0.2) is 12.1 Å². The molecule has 146 valence electrons. The van der Waals surface area contributed by atoms with Gasteiger partial charge in [-0.2, -0.15) is 0 Å². The molecule has 2 heterocycles. The van der Waals surface area contributed by atoms with Crippen LogP contribution in [0.2, 0.25) is 0 Å². The molecular formula is C22H35NO3. The molecule has 4 nitrogen and oxygen atoms in total. The fourth-order valence-corrected chi connectivity index (χ4v) is 4.14. The van der Waals surface area contributed by atoms with Gasteiger partial charge in [-0.1, -0.05) is 13.8 Å². The van der Waals surface area contributed by atoms with Gasteiger partial charge in [-0.25, -0.2) is 0 Å². The molecule has 0 N–H and O–H groups in total. The molecule has 1 fully saturated rings. The lowest BCUT2D eigenvalue weighted by molar-refractivity contribution is -0.0971. The van der Waals surface area contributed by atoms with E-state index in [0.29, 0.717) is 18.1 Å². The number of piperidine rings is 1. The molecule has 1 aromatic carbocycles. The van der Waals surface area contributed by atoms with Crippen LogP contribution in [0.25, 0.3) is 0 Å². The largest absolute Gasteiger partial charge is 0.493 e. The minimum Gasteiger partial charge on any atom is -0.493 e. The average Bonchev–Trinajstić information content (AvgIpc) is 2.57. The Kier molecular flexibility index (Phi) is 5.83. The minimum atomic E-state index is -0.0723. The van der Waals surface area contributed by atoms with Crippen molar-refractivity contribution in [1.82, 2.24) is 4.90 Å². The van der Waals surface area contributed by atoms with Crippen LogP contribution in [0, 0.1) is 5.92 Å². The van der Waals surface area contributed by atoms with Crippen LogP contribution in [-0.2, 0) is 11.2 Å². The summed E-state index contributed by atoms with van der Waals surface area (Å²) in [5.74, 6) is 2.25. The number of benzene rings is 1. The summed E-state index contributed by atoms with van der Waals surface area (Å²) < 4.78 is 17.9. The number of fused-ring (bicyclic) bond motifs is 3.